The van der Waals surface area contributed by atoms with Gasteiger partial charge >= 0.3 is 0 Å². The van der Waals surface area contributed by atoms with Crippen LogP contribution < -0.4 is 10.1 Å². The van der Waals surface area contributed by atoms with Gasteiger partial charge in [-0.3, -0.25) is 24.6 Å². The van der Waals surface area contributed by atoms with Gasteiger partial charge in [-0.2, -0.15) is 0 Å². The molecule has 184 valence electrons. The number of nitrogens with zero attached hydrogens (tertiary/aromatic N) is 2. The number of nitrogens with one attached hydrogen (secondary N) is 1. The maximum absolute atomic E-state index is 12.9. The van der Waals surface area contributed by atoms with E-state index in [0.29, 0.717) is 24.6 Å². The van der Waals surface area contributed by atoms with Gasteiger partial charge in [0.05, 0.1) is 5.60 Å². The normalized spacial score (nSPS) is 29.3. The first-order chi connectivity index (χ1) is 16.4. The lowest BCUT2D eigenvalue weighted by molar-refractivity contribution is -0.136. The van der Waals surface area contributed by atoms with Crippen LogP contribution in [-0.4, -0.2) is 71.0 Å². The summed E-state index contributed by atoms with van der Waals surface area (Å²) in [6, 6.07) is 5.46. The van der Waals surface area contributed by atoms with Crippen LogP contribution in [0.15, 0.2) is 18.2 Å². The highest BCUT2D eigenvalue weighted by Gasteiger charge is 2.41. The van der Waals surface area contributed by atoms with E-state index in [9.17, 15) is 14.4 Å². The molecule has 0 spiro atoms. The van der Waals surface area contributed by atoms with Gasteiger partial charge in [0.1, 0.15) is 17.9 Å². The first kappa shape index (κ1) is 23.3. The predicted molar refractivity (Wildman–Crippen MR) is 125 cm³/mol. The van der Waals surface area contributed by atoms with Crippen molar-refractivity contribution in [3.63, 3.8) is 0 Å². The number of carbonyl (C=O) groups is 3. The first-order valence-electron chi connectivity index (χ1n) is 12.7. The standard InChI is InChI=1S/C26H35N3O5/c1-3-33-26(2)11-13-28(14-12-26)20-5-4-6-22(20)34-18-7-8-19-17(15-18)16-29(25(19)32)21-9-10-23(30)27-24(21)31/h7-8,15,20-22H,3-6,9-14,16H2,1-2H3,(H,27,30,31)/t20-,21?,22+/m0/s1. The zero-order chi connectivity index (χ0) is 23.9. The summed E-state index contributed by atoms with van der Waals surface area (Å²) in [5.41, 5.74) is 1.49. The Morgan fingerprint density at radius 1 is 1.12 bits per heavy atom. The average molecular weight is 470 g/mol. The Balaban J connectivity index is 1.23. The second-order valence-electron chi connectivity index (χ2n) is 10.3. The summed E-state index contributed by atoms with van der Waals surface area (Å²) >= 11 is 0. The van der Waals surface area contributed by atoms with Crippen molar-refractivity contribution < 1.29 is 23.9 Å². The Kier molecular flexibility index (Phi) is 6.37. The number of benzene rings is 1. The molecule has 8 heteroatoms. The summed E-state index contributed by atoms with van der Waals surface area (Å²) in [4.78, 5) is 40.9. The molecule has 3 amide bonds. The van der Waals surface area contributed by atoms with E-state index < -0.39 is 6.04 Å². The lowest BCUT2D eigenvalue weighted by Crippen LogP contribution is -2.52. The topological polar surface area (TPSA) is 88.2 Å². The van der Waals surface area contributed by atoms with Crippen molar-refractivity contribution in [2.45, 2.75) is 89.1 Å². The van der Waals surface area contributed by atoms with Crippen molar-refractivity contribution >= 4 is 17.7 Å². The highest BCUT2D eigenvalue weighted by Crippen LogP contribution is 2.35. The second kappa shape index (κ2) is 9.30. The number of rotatable bonds is 6. The Bertz CT molecular complexity index is 971. The SMILES string of the molecule is CCOC1(C)CCN([C@H]2CCC[C@H]2Oc2ccc3c(c2)CN(C2CCC(=O)NC2=O)C3=O)CC1. The Labute approximate surface area is 200 Å². The zero-order valence-electron chi connectivity index (χ0n) is 20.2. The number of hydrogen-bond acceptors (Lipinski definition) is 6. The fraction of sp³-hybridized carbons (Fsp3) is 0.654. The van der Waals surface area contributed by atoms with Gasteiger partial charge in [-0.05, 0) is 76.1 Å². The molecule has 1 saturated carbocycles. The molecule has 1 aromatic carbocycles. The van der Waals surface area contributed by atoms with Gasteiger partial charge in [-0.25, -0.2) is 0 Å². The Morgan fingerprint density at radius 3 is 2.65 bits per heavy atom. The molecule has 1 aromatic rings. The molecular weight excluding hydrogens is 434 g/mol. The van der Waals surface area contributed by atoms with E-state index in [4.69, 9.17) is 9.47 Å². The minimum Gasteiger partial charge on any atom is -0.489 e. The number of likely N-dealkylation sites (tertiary alicyclic amines) is 1. The minimum atomic E-state index is -0.595. The molecule has 34 heavy (non-hydrogen) atoms. The van der Waals surface area contributed by atoms with Crippen molar-refractivity contribution in [3.8, 4) is 5.75 Å². The molecule has 1 N–H and O–H groups in total. The largest absolute Gasteiger partial charge is 0.489 e. The summed E-state index contributed by atoms with van der Waals surface area (Å²) < 4.78 is 12.5. The average Bonchev–Trinajstić information content (AvgIpc) is 3.39. The number of carbonyl (C=O) groups excluding carboxylic acids is 3. The van der Waals surface area contributed by atoms with Crippen molar-refractivity contribution in [2.24, 2.45) is 0 Å². The van der Waals surface area contributed by atoms with Crippen LogP contribution in [0.5, 0.6) is 5.75 Å². The number of hydrogen-bond donors (Lipinski definition) is 1. The van der Waals surface area contributed by atoms with Crippen molar-refractivity contribution in [3.05, 3.63) is 29.3 Å². The minimum absolute atomic E-state index is 0.0128. The van der Waals surface area contributed by atoms with E-state index in [1.807, 2.05) is 18.2 Å². The molecule has 3 atom stereocenters. The molecule has 4 aliphatic rings. The van der Waals surface area contributed by atoms with E-state index in [1.54, 1.807) is 4.90 Å². The van der Waals surface area contributed by atoms with Gasteiger partial charge in [-0.15, -0.1) is 0 Å². The number of ether oxygens (including phenoxy) is 2. The van der Waals surface area contributed by atoms with Gasteiger partial charge in [0, 0.05) is 44.3 Å². The molecule has 0 radical (unpaired) electrons. The molecule has 1 unspecified atom stereocenters. The fourth-order valence-corrected chi connectivity index (χ4v) is 6.08. The van der Waals surface area contributed by atoms with Gasteiger partial charge in [0.15, 0.2) is 0 Å². The smallest absolute Gasteiger partial charge is 0.255 e. The van der Waals surface area contributed by atoms with E-state index in [-0.39, 0.29) is 35.8 Å². The van der Waals surface area contributed by atoms with E-state index >= 15 is 0 Å². The summed E-state index contributed by atoms with van der Waals surface area (Å²) in [5, 5.41) is 2.35. The van der Waals surface area contributed by atoms with Crippen molar-refractivity contribution in [1.29, 1.82) is 0 Å². The highest BCUT2D eigenvalue weighted by atomic mass is 16.5. The summed E-state index contributed by atoms with van der Waals surface area (Å²) in [7, 11) is 0. The zero-order valence-corrected chi connectivity index (χ0v) is 20.2. The van der Waals surface area contributed by atoms with Crippen LogP contribution in [0, 0.1) is 0 Å². The summed E-state index contributed by atoms with van der Waals surface area (Å²) in [5.74, 6) is -0.0294. The maximum atomic E-state index is 12.9. The van der Waals surface area contributed by atoms with Gasteiger partial charge in [0.2, 0.25) is 11.8 Å². The molecule has 8 nitrogen and oxygen atoms in total. The van der Waals surface area contributed by atoms with Crippen LogP contribution in [0.1, 0.15) is 74.7 Å². The number of fused-ring (bicyclic) bond motifs is 1. The third-order valence-electron chi connectivity index (χ3n) is 8.02. The quantitative estimate of drug-likeness (QED) is 0.645. The maximum Gasteiger partial charge on any atom is 0.255 e. The molecule has 0 aromatic heterocycles. The van der Waals surface area contributed by atoms with Crippen LogP contribution in [0.4, 0.5) is 0 Å². The molecule has 5 rings (SSSR count). The number of piperidine rings is 2. The Hall–Kier alpha value is -2.45. The monoisotopic (exact) mass is 469 g/mol. The van der Waals surface area contributed by atoms with Gasteiger partial charge < -0.3 is 14.4 Å². The van der Waals surface area contributed by atoms with Crippen LogP contribution >= 0.6 is 0 Å². The van der Waals surface area contributed by atoms with Crippen LogP contribution in [0.25, 0.3) is 0 Å². The van der Waals surface area contributed by atoms with Gasteiger partial charge in [-0.1, -0.05) is 0 Å². The van der Waals surface area contributed by atoms with E-state index in [1.165, 1.54) is 0 Å². The van der Waals surface area contributed by atoms with Crippen LogP contribution in [-0.2, 0) is 20.9 Å². The summed E-state index contributed by atoms with van der Waals surface area (Å²) in [6.07, 6.45) is 6.18. The number of imide groups is 1. The molecule has 3 heterocycles. The van der Waals surface area contributed by atoms with Crippen LogP contribution in [0.3, 0.4) is 0 Å². The predicted octanol–water partition coefficient (Wildman–Crippen LogP) is 2.64. The second-order valence-corrected chi connectivity index (χ2v) is 10.3. The fourth-order valence-electron chi connectivity index (χ4n) is 6.08. The molecular formula is C26H35N3O5. The lowest BCUT2D eigenvalue weighted by atomic mass is 9.92. The third kappa shape index (κ3) is 4.45. The number of amides is 3. The van der Waals surface area contributed by atoms with Crippen molar-refractivity contribution in [2.75, 3.05) is 19.7 Å². The van der Waals surface area contributed by atoms with Gasteiger partial charge in [0.25, 0.3) is 5.91 Å². The molecule has 1 aliphatic carbocycles. The highest BCUT2D eigenvalue weighted by molar-refractivity contribution is 6.05. The van der Waals surface area contributed by atoms with Crippen LogP contribution in [0.2, 0.25) is 0 Å². The third-order valence-corrected chi connectivity index (χ3v) is 8.02. The lowest BCUT2D eigenvalue weighted by Gasteiger charge is -2.42. The van der Waals surface area contributed by atoms with Crippen molar-refractivity contribution in [1.82, 2.24) is 15.1 Å². The Morgan fingerprint density at radius 2 is 1.91 bits per heavy atom. The molecule has 0 bridgehead atoms. The molecule has 3 fully saturated rings. The molecule has 3 aliphatic heterocycles. The van der Waals surface area contributed by atoms with E-state index in [0.717, 1.165) is 63.1 Å². The molecule has 2 saturated heterocycles. The summed E-state index contributed by atoms with van der Waals surface area (Å²) in [6.45, 7) is 7.47. The first-order valence-corrected chi connectivity index (χ1v) is 12.7. The van der Waals surface area contributed by atoms with E-state index in [2.05, 4.69) is 24.1 Å².